The number of amides is 2. The van der Waals surface area contributed by atoms with Crippen LogP contribution in [-0.2, 0) is 14.9 Å². The minimum Gasteiger partial charge on any atom is -0.453 e. The Kier molecular flexibility index (Phi) is 5.48. The molecule has 0 spiro atoms. The summed E-state index contributed by atoms with van der Waals surface area (Å²) in [5, 5.41) is 2.84. The van der Waals surface area contributed by atoms with E-state index in [0.717, 1.165) is 12.8 Å². The number of alkyl carbamates (subject to hydrolysis) is 1. The van der Waals surface area contributed by atoms with E-state index in [1.807, 2.05) is 18.9 Å². The van der Waals surface area contributed by atoms with Crippen LogP contribution in [0.5, 0.6) is 0 Å². The van der Waals surface area contributed by atoms with Gasteiger partial charge in [0.1, 0.15) is 0 Å². The summed E-state index contributed by atoms with van der Waals surface area (Å²) in [5.41, 5.74) is 2.58. The average molecular weight is 387 g/mol. The number of hydrogen-bond acceptors (Lipinski definition) is 3. The Hall–Kier alpha value is -2.04. The van der Waals surface area contributed by atoms with Crippen molar-refractivity contribution in [1.82, 2.24) is 10.2 Å². The first-order valence-electron chi connectivity index (χ1n) is 10.3. The number of rotatable bonds is 4. The molecular formula is C23H34N2O3. The van der Waals surface area contributed by atoms with Crippen molar-refractivity contribution in [2.24, 2.45) is 5.92 Å². The maximum absolute atomic E-state index is 12.8. The molecule has 5 nitrogen and oxygen atoms in total. The number of hydrogen-bond donors (Lipinski definition) is 1. The molecule has 0 atom stereocenters. The Morgan fingerprint density at radius 3 is 2.43 bits per heavy atom. The van der Waals surface area contributed by atoms with Gasteiger partial charge in [0, 0.05) is 24.5 Å². The minimum atomic E-state index is -0.430. The van der Waals surface area contributed by atoms with Crippen LogP contribution in [-0.4, -0.2) is 42.6 Å². The van der Waals surface area contributed by atoms with E-state index in [2.05, 4.69) is 55.1 Å². The predicted molar refractivity (Wildman–Crippen MR) is 110 cm³/mol. The van der Waals surface area contributed by atoms with E-state index in [-0.39, 0.29) is 22.8 Å². The number of methoxy groups -OCH3 is 1. The average Bonchev–Trinajstić information content (AvgIpc) is 2.56. The van der Waals surface area contributed by atoms with Gasteiger partial charge in [0.05, 0.1) is 7.11 Å². The van der Waals surface area contributed by atoms with Crippen LogP contribution in [0.4, 0.5) is 4.79 Å². The van der Waals surface area contributed by atoms with Gasteiger partial charge in [0.25, 0.3) is 0 Å². The summed E-state index contributed by atoms with van der Waals surface area (Å²) in [7, 11) is 3.29. The van der Waals surface area contributed by atoms with Gasteiger partial charge in [-0.15, -0.1) is 0 Å². The summed E-state index contributed by atoms with van der Waals surface area (Å²) in [4.78, 5) is 26.2. The second kappa shape index (κ2) is 7.41. The molecule has 2 aliphatic rings. The largest absolute Gasteiger partial charge is 0.453 e. The lowest BCUT2D eigenvalue weighted by molar-refractivity contribution is -0.143. The number of ether oxygens (including phenoxy) is 1. The molecule has 0 unspecified atom stereocenters. The molecule has 2 fully saturated rings. The first-order valence-corrected chi connectivity index (χ1v) is 10.3. The molecule has 3 rings (SSSR count). The van der Waals surface area contributed by atoms with Crippen LogP contribution in [0.25, 0.3) is 0 Å². The first-order chi connectivity index (χ1) is 13.0. The van der Waals surface area contributed by atoms with Crippen LogP contribution in [0, 0.1) is 5.92 Å². The number of carbonyl (C=O) groups excluding carboxylic acids is 2. The normalized spacial score (nSPS) is 29.3. The molecule has 2 amide bonds. The number of nitrogens with one attached hydrogen (secondary N) is 1. The first kappa shape index (κ1) is 20.7. The van der Waals surface area contributed by atoms with Gasteiger partial charge in [-0.3, -0.25) is 4.79 Å². The molecule has 0 radical (unpaired) electrons. The molecule has 0 aliphatic heterocycles. The third-order valence-corrected chi connectivity index (χ3v) is 6.56. The molecule has 2 saturated carbocycles. The number of carbonyl (C=O) groups is 2. The maximum atomic E-state index is 12.8. The third kappa shape index (κ3) is 4.18. The smallest absolute Gasteiger partial charge is 0.407 e. The predicted octanol–water partition coefficient (Wildman–Crippen LogP) is 4.21. The van der Waals surface area contributed by atoms with Crippen molar-refractivity contribution in [3.63, 3.8) is 0 Å². The van der Waals surface area contributed by atoms with Gasteiger partial charge < -0.3 is 15.0 Å². The molecule has 28 heavy (non-hydrogen) atoms. The number of benzene rings is 1. The molecule has 1 N–H and O–H groups in total. The molecular weight excluding hydrogens is 352 g/mol. The van der Waals surface area contributed by atoms with E-state index >= 15 is 0 Å². The van der Waals surface area contributed by atoms with Gasteiger partial charge in [-0.1, -0.05) is 45.0 Å². The summed E-state index contributed by atoms with van der Waals surface area (Å²) in [6.07, 6.45) is 2.98. The molecule has 154 valence electrons. The highest BCUT2D eigenvalue weighted by molar-refractivity contribution is 5.81. The van der Waals surface area contributed by atoms with Crippen molar-refractivity contribution >= 4 is 12.0 Å². The van der Waals surface area contributed by atoms with Crippen LogP contribution in [0.2, 0.25) is 0 Å². The minimum absolute atomic E-state index is 0.00424. The van der Waals surface area contributed by atoms with Crippen molar-refractivity contribution in [2.45, 2.75) is 76.3 Å². The van der Waals surface area contributed by atoms with E-state index in [1.54, 1.807) is 0 Å². The van der Waals surface area contributed by atoms with E-state index in [9.17, 15) is 9.59 Å². The molecule has 0 heterocycles. The zero-order valence-electron chi connectivity index (χ0n) is 18.0. The molecule has 5 heteroatoms. The van der Waals surface area contributed by atoms with E-state index in [0.29, 0.717) is 24.8 Å². The van der Waals surface area contributed by atoms with Gasteiger partial charge in [-0.25, -0.2) is 4.79 Å². The summed E-state index contributed by atoms with van der Waals surface area (Å²) in [5.74, 6) is 0.738. The highest BCUT2D eigenvalue weighted by Crippen LogP contribution is 2.43. The Bertz CT molecular complexity index is 740. The standard InChI is InChI=1S/C23H34N2O3/c1-22(2,3)18-9-7-8-15(10-18)16-11-19(12-16)25(5)20(26)17-13-23(4,14-17)24-21(27)28-6/h7-10,16-17,19H,11-14H2,1-6H3,(H,24,27)/t16-,17-,19+,23+. The highest BCUT2D eigenvalue weighted by atomic mass is 16.5. The Morgan fingerprint density at radius 2 is 1.86 bits per heavy atom. The summed E-state index contributed by atoms with van der Waals surface area (Å²) in [6, 6.07) is 9.22. The maximum Gasteiger partial charge on any atom is 0.407 e. The topological polar surface area (TPSA) is 58.6 Å². The summed E-state index contributed by atoms with van der Waals surface area (Å²) >= 11 is 0. The zero-order valence-corrected chi connectivity index (χ0v) is 18.0. The lowest BCUT2D eigenvalue weighted by atomic mass is 9.68. The van der Waals surface area contributed by atoms with Gasteiger partial charge in [-0.2, -0.15) is 0 Å². The van der Waals surface area contributed by atoms with E-state index < -0.39 is 6.09 Å². The van der Waals surface area contributed by atoms with Gasteiger partial charge in [0.15, 0.2) is 0 Å². The van der Waals surface area contributed by atoms with Gasteiger partial charge in [0.2, 0.25) is 5.91 Å². The lowest BCUT2D eigenvalue weighted by Crippen LogP contribution is -2.59. The Labute approximate surface area is 168 Å². The zero-order chi connectivity index (χ0) is 20.7. The Balaban J connectivity index is 1.51. The van der Waals surface area contributed by atoms with Crippen molar-refractivity contribution < 1.29 is 14.3 Å². The molecule has 1 aromatic rings. The molecule has 0 aromatic heterocycles. The van der Waals surface area contributed by atoms with E-state index in [1.165, 1.54) is 18.2 Å². The van der Waals surface area contributed by atoms with Gasteiger partial charge in [-0.05, 0) is 55.1 Å². The summed E-state index contributed by atoms with van der Waals surface area (Å²) < 4.78 is 4.67. The van der Waals surface area contributed by atoms with Crippen LogP contribution >= 0.6 is 0 Å². The molecule has 2 aliphatic carbocycles. The van der Waals surface area contributed by atoms with Crippen molar-refractivity contribution in [1.29, 1.82) is 0 Å². The highest BCUT2D eigenvalue weighted by Gasteiger charge is 2.47. The van der Waals surface area contributed by atoms with Crippen molar-refractivity contribution in [3.05, 3.63) is 35.4 Å². The van der Waals surface area contributed by atoms with Crippen LogP contribution < -0.4 is 5.32 Å². The Morgan fingerprint density at radius 1 is 1.21 bits per heavy atom. The van der Waals surface area contributed by atoms with E-state index in [4.69, 9.17) is 0 Å². The molecule has 0 saturated heterocycles. The fourth-order valence-corrected chi connectivity index (χ4v) is 4.51. The van der Waals surface area contributed by atoms with Crippen molar-refractivity contribution in [3.8, 4) is 0 Å². The monoisotopic (exact) mass is 386 g/mol. The fourth-order valence-electron chi connectivity index (χ4n) is 4.51. The third-order valence-electron chi connectivity index (χ3n) is 6.56. The van der Waals surface area contributed by atoms with Gasteiger partial charge >= 0.3 is 6.09 Å². The molecule has 1 aromatic carbocycles. The quantitative estimate of drug-likeness (QED) is 0.843. The SMILES string of the molecule is COC(=O)N[C@]1(C)C[C@H](C(=O)N(C)[C@H]2C[C@@H](c3cccc(C(C)(C)C)c3)C2)C1. The fraction of sp³-hybridized carbons (Fsp3) is 0.652. The number of nitrogens with zero attached hydrogens (tertiary/aromatic N) is 1. The van der Waals surface area contributed by atoms with Crippen LogP contribution in [0.1, 0.15) is 70.4 Å². The molecule has 0 bridgehead atoms. The summed E-state index contributed by atoms with van der Waals surface area (Å²) in [6.45, 7) is 8.69. The van der Waals surface area contributed by atoms with Crippen LogP contribution in [0.15, 0.2) is 24.3 Å². The van der Waals surface area contributed by atoms with Crippen molar-refractivity contribution in [2.75, 3.05) is 14.2 Å². The lowest BCUT2D eigenvalue weighted by Gasteiger charge is -2.48. The van der Waals surface area contributed by atoms with Crippen LogP contribution in [0.3, 0.4) is 0 Å². The second-order valence-electron chi connectivity index (χ2n) is 9.93. The second-order valence-corrected chi connectivity index (χ2v) is 9.93.